The molecule has 0 atom stereocenters. The smallest absolute Gasteiger partial charge is 0.232 e. The molecule has 1 aromatic carbocycles. The highest BCUT2D eigenvalue weighted by atomic mass is 35.5. The summed E-state index contributed by atoms with van der Waals surface area (Å²) >= 11 is 13.3. The van der Waals surface area contributed by atoms with Crippen molar-refractivity contribution in [2.24, 2.45) is 5.73 Å². The van der Waals surface area contributed by atoms with Gasteiger partial charge >= 0.3 is 0 Å². The lowest BCUT2D eigenvalue weighted by molar-refractivity contribution is -0.129. The van der Waals surface area contributed by atoms with Gasteiger partial charge in [-0.25, -0.2) is 0 Å². The molecule has 0 saturated carbocycles. The van der Waals surface area contributed by atoms with E-state index >= 15 is 0 Å². The Morgan fingerprint density at radius 1 is 1.16 bits per heavy atom. The minimum Gasteiger partial charge on any atom is -0.369 e. The van der Waals surface area contributed by atoms with Gasteiger partial charge in [0.2, 0.25) is 11.8 Å². The van der Waals surface area contributed by atoms with Gasteiger partial charge < -0.3 is 15.5 Å². The fourth-order valence-corrected chi connectivity index (χ4v) is 3.73. The van der Waals surface area contributed by atoms with Crippen molar-refractivity contribution in [3.63, 3.8) is 0 Å². The number of halogens is 2. The first kappa shape index (κ1) is 20.4. The number of rotatable bonds is 9. The van der Waals surface area contributed by atoms with Crippen molar-refractivity contribution in [2.45, 2.75) is 19.4 Å². The molecule has 0 unspecified atom stereocenters. The van der Waals surface area contributed by atoms with Gasteiger partial charge in [0.15, 0.2) is 0 Å². The van der Waals surface area contributed by atoms with Gasteiger partial charge in [-0.15, -0.1) is 11.8 Å². The summed E-state index contributed by atoms with van der Waals surface area (Å²) in [6.45, 7) is 4.15. The van der Waals surface area contributed by atoms with Crippen molar-refractivity contribution in [3.8, 4) is 0 Å². The van der Waals surface area contributed by atoms with E-state index in [0.29, 0.717) is 23.1 Å². The molecular weight excluding hydrogens is 381 g/mol. The summed E-state index contributed by atoms with van der Waals surface area (Å²) in [4.78, 5) is 27.6. The normalized spacial score (nSPS) is 14.6. The van der Waals surface area contributed by atoms with E-state index in [0.717, 1.165) is 25.2 Å². The van der Waals surface area contributed by atoms with Gasteiger partial charge in [-0.05, 0) is 43.6 Å². The largest absolute Gasteiger partial charge is 0.369 e. The van der Waals surface area contributed by atoms with Crippen LogP contribution in [0, 0.1) is 0 Å². The van der Waals surface area contributed by atoms with Crippen LogP contribution in [0.1, 0.15) is 18.4 Å². The Labute approximate surface area is 162 Å². The van der Waals surface area contributed by atoms with E-state index in [2.05, 4.69) is 4.90 Å². The zero-order valence-corrected chi connectivity index (χ0v) is 16.4. The maximum absolute atomic E-state index is 12.6. The summed E-state index contributed by atoms with van der Waals surface area (Å²) in [6.07, 6.45) is 2.43. The average molecular weight is 404 g/mol. The quantitative estimate of drug-likeness (QED) is 0.687. The number of nitrogens with two attached hydrogens (primary N) is 1. The van der Waals surface area contributed by atoms with Gasteiger partial charge in [0, 0.05) is 19.6 Å². The van der Waals surface area contributed by atoms with Crippen molar-refractivity contribution >= 4 is 46.8 Å². The van der Waals surface area contributed by atoms with Gasteiger partial charge in [-0.2, -0.15) is 0 Å². The Kier molecular flexibility index (Phi) is 8.36. The number of nitrogens with zero attached hydrogens (tertiary/aromatic N) is 2. The topological polar surface area (TPSA) is 66.6 Å². The Morgan fingerprint density at radius 3 is 2.52 bits per heavy atom. The predicted octanol–water partition coefficient (Wildman–Crippen LogP) is 2.64. The molecule has 1 fully saturated rings. The van der Waals surface area contributed by atoms with Gasteiger partial charge in [-0.1, -0.05) is 29.3 Å². The minimum absolute atomic E-state index is 0.00322. The van der Waals surface area contributed by atoms with Crippen LogP contribution < -0.4 is 5.73 Å². The number of primary amides is 1. The first-order valence-corrected chi connectivity index (χ1v) is 10.2. The molecule has 1 heterocycles. The maximum atomic E-state index is 12.6. The number of carbonyl (C=O) groups excluding carboxylic acids is 2. The minimum atomic E-state index is -0.411. The molecule has 8 heteroatoms. The lowest BCUT2D eigenvalue weighted by Gasteiger charge is -2.26. The molecule has 138 valence electrons. The van der Waals surface area contributed by atoms with Crippen molar-refractivity contribution in [1.82, 2.24) is 9.80 Å². The van der Waals surface area contributed by atoms with Crippen molar-refractivity contribution in [1.29, 1.82) is 0 Å². The van der Waals surface area contributed by atoms with Crippen LogP contribution in [0.4, 0.5) is 0 Å². The van der Waals surface area contributed by atoms with Crippen LogP contribution in [0.5, 0.6) is 0 Å². The van der Waals surface area contributed by atoms with Gasteiger partial charge in [0.1, 0.15) is 0 Å². The summed E-state index contributed by atoms with van der Waals surface area (Å²) in [5.41, 5.74) is 6.07. The van der Waals surface area contributed by atoms with Gasteiger partial charge in [0.25, 0.3) is 0 Å². The Bertz CT molecular complexity index is 610. The molecule has 25 heavy (non-hydrogen) atoms. The van der Waals surface area contributed by atoms with Crippen LogP contribution >= 0.6 is 35.0 Å². The maximum Gasteiger partial charge on any atom is 0.232 e. The van der Waals surface area contributed by atoms with E-state index in [1.165, 1.54) is 24.6 Å². The number of hydrogen-bond acceptors (Lipinski definition) is 4. The van der Waals surface area contributed by atoms with E-state index in [-0.39, 0.29) is 17.4 Å². The van der Waals surface area contributed by atoms with E-state index in [9.17, 15) is 9.59 Å². The van der Waals surface area contributed by atoms with Gasteiger partial charge in [0.05, 0.1) is 21.6 Å². The van der Waals surface area contributed by atoms with Crippen molar-refractivity contribution in [2.75, 3.05) is 37.7 Å². The summed E-state index contributed by atoms with van der Waals surface area (Å²) in [6, 6.07) is 5.40. The van der Waals surface area contributed by atoms with E-state index in [1.54, 1.807) is 12.1 Å². The number of carbonyl (C=O) groups is 2. The van der Waals surface area contributed by atoms with Crippen LogP contribution in [0.15, 0.2) is 18.2 Å². The highest BCUT2D eigenvalue weighted by molar-refractivity contribution is 8.00. The molecule has 1 aliphatic heterocycles. The molecule has 2 rings (SSSR count). The third-order valence-corrected chi connectivity index (χ3v) is 5.74. The van der Waals surface area contributed by atoms with Crippen LogP contribution in [-0.2, 0) is 16.1 Å². The molecule has 1 saturated heterocycles. The fraction of sp³-hybridized carbons (Fsp3) is 0.529. The summed E-state index contributed by atoms with van der Waals surface area (Å²) in [5.74, 6) is -0.0228. The zero-order valence-electron chi connectivity index (χ0n) is 14.0. The molecule has 5 nitrogen and oxygen atoms in total. The van der Waals surface area contributed by atoms with Crippen molar-refractivity contribution in [3.05, 3.63) is 33.8 Å². The zero-order chi connectivity index (χ0) is 18.2. The Balaban J connectivity index is 1.97. The highest BCUT2D eigenvalue weighted by Gasteiger charge is 2.18. The fourth-order valence-electron chi connectivity index (χ4n) is 2.75. The lowest BCUT2D eigenvalue weighted by atomic mass is 10.2. The Hall–Kier alpha value is -0.950. The number of benzene rings is 1. The average Bonchev–Trinajstić information content (AvgIpc) is 3.07. The first-order valence-electron chi connectivity index (χ1n) is 8.26. The molecular formula is C17H23Cl2N3O2S. The van der Waals surface area contributed by atoms with Gasteiger partial charge in [-0.3, -0.25) is 9.59 Å². The first-order chi connectivity index (χ1) is 12.0. The van der Waals surface area contributed by atoms with Crippen molar-refractivity contribution < 1.29 is 9.59 Å². The van der Waals surface area contributed by atoms with E-state index in [4.69, 9.17) is 28.9 Å². The lowest BCUT2D eigenvalue weighted by Crippen LogP contribution is -2.38. The molecule has 0 radical (unpaired) electrons. The molecule has 0 spiro atoms. The second-order valence-corrected chi connectivity index (χ2v) is 7.87. The molecule has 1 aliphatic rings. The standard InChI is InChI=1S/C17H23Cl2N3O2S/c18-14-4-3-13(9-15(14)19)10-22(8-7-21-5-1-2-6-21)17(24)12-25-11-16(20)23/h3-4,9H,1-2,5-8,10-12H2,(H2,20,23). The molecule has 0 bridgehead atoms. The number of hydrogen-bond donors (Lipinski definition) is 1. The van der Waals surface area contributed by atoms with E-state index in [1.807, 2.05) is 11.0 Å². The third kappa shape index (κ3) is 7.05. The Morgan fingerprint density at radius 2 is 1.88 bits per heavy atom. The van der Waals surface area contributed by atoms with Crippen LogP contribution in [0.25, 0.3) is 0 Å². The monoisotopic (exact) mass is 403 g/mol. The molecule has 2 amide bonds. The number of likely N-dealkylation sites (tertiary alicyclic amines) is 1. The van der Waals surface area contributed by atoms with Crippen LogP contribution in [0.2, 0.25) is 10.0 Å². The molecule has 0 aromatic heterocycles. The molecule has 1 aromatic rings. The predicted molar refractivity (Wildman–Crippen MR) is 104 cm³/mol. The second kappa shape index (κ2) is 10.3. The highest BCUT2D eigenvalue weighted by Crippen LogP contribution is 2.23. The summed E-state index contributed by atoms with van der Waals surface area (Å²) in [7, 11) is 0. The third-order valence-electron chi connectivity index (χ3n) is 4.06. The van der Waals surface area contributed by atoms with Crippen LogP contribution in [-0.4, -0.2) is 59.3 Å². The molecule has 0 aliphatic carbocycles. The number of thioether (sulfide) groups is 1. The van der Waals surface area contributed by atoms with Crippen LogP contribution in [0.3, 0.4) is 0 Å². The molecule has 2 N–H and O–H groups in total. The van der Waals surface area contributed by atoms with E-state index < -0.39 is 5.91 Å². The summed E-state index contributed by atoms with van der Waals surface area (Å²) in [5, 5.41) is 0.978. The summed E-state index contributed by atoms with van der Waals surface area (Å²) < 4.78 is 0. The SMILES string of the molecule is NC(=O)CSCC(=O)N(CCN1CCCC1)Cc1ccc(Cl)c(Cl)c1. The number of amides is 2. The second-order valence-electron chi connectivity index (χ2n) is 6.07.